The third-order valence-electron chi connectivity index (χ3n) is 4.62. The number of fused-ring (bicyclic) bond motifs is 1. The lowest BCUT2D eigenvalue weighted by atomic mass is 10.0. The van der Waals surface area contributed by atoms with Crippen molar-refractivity contribution in [3.63, 3.8) is 0 Å². The van der Waals surface area contributed by atoms with Crippen molar-refractivity contribution in [1.82, 2.24) is 15.1 Å². The lowest BCUT2D eigenvalue weighted by Gasteiger charge is -2.10. The van der Waals surface area contributed by atoms with E-state index < -0.39 is 0 Å². The fourth-order valence-electron chi connectivity index (χ4n) is 3.25. The standard InChI is InChI=1S/C19H19N3O2/c1-20-19(23)16-10-15(16)14-8-13(24-12-6-4-3-5-7-12)9-18-17(14)11-21-22(18)2/h3-9,11,15-16H,10H2,1-2H3,(H,20,23)/t15?,16-/m1/s1. The molecule has 1 aliphatic carbocycles. The van der Waals surface area contributed by atoms with Gasteiger partial charge in [-0.3, -0.25) is 9.48 Å². The molecule has 1 aliphatic rings. The molecule has 0 spiro atoms. The van der Waals surface area contributed by atoms with Crippen molar-refractivity contribution in [1.29, 1.82) is 0 Å². The number of carbonyl (C=O) groups excluding carboxylic acids is 1. The molecule has 1 heterocycles. The van der Waals surface area contributed by atoms with Crippen molar-refractivity contribution in [2.45, 2.75) is 12.3 Å². The number of hydrogen-bond donors (Lipinski definition) is 1. The van der Waals surface area contributed by atoms with E-state index in [1.54, 1.807) is 7.05 Å². The summed E-state index contributed by atoms with van der Waals surface area (Å²) in [6, 6.07) is 13.7. The summed E-state index contributed by atoms with van der Waals surface area (Å²) in [5.74, 6) is 1.95. The van der Waals surface area contributed by atoms with Crippen LogP contribution in [0.5, 0.6) is 11.5 Å². The average molecular weight is 321 g/mol. The fraction of sp³-hybridized carbons (Fsp3) is 0.263. The van der Waals surface area contributed by atoms with E-state index >= 15 is 0 Å². The minimum absolute atomic E-state index is 0.0466. The third kappa shape index (κ3) is 2.52. The highest BCUT2D eigenvalue weighted by Gasteiger charge is 2.44. The molecule has 3 aromatic rings. The van der Waals surface area contributed by atoms with Gasteiger partial charge in [0.05, 0.1) is 11.7 Å². The Morgan fingerprint density at radius 2 is 2.04 bits per heavy atom. The van der Waals surface area contributed by atoms with Crippen LogP contribution in [0.3, 0.4) is 0 Å². The lowest BCUT2D eigenvalue weighted by Crippen LogP contribution is -2.20. The van der Waals surface area contributed by atoms with Gasteiger partial charge in [-0.2, -0.15) is 5.10 Å². The number of ether oxygens (including phenoxy) is 1. The van der Waals surface area contributed by atoms with Crippen LogP contribution in [0.25, 0.3) is 10.9 Å². The summed E-state index contributed by atoms with van der Waals surface area (Å²) in [4.78, 5) is 11.9. The molecule has 0 aliphatic heterocycles. The summed E-state index contributed by atoms with van der Waals surface area (Å²) in [7, 11) is 3.61. The zero-order valence-corrected chi connectivity index (χ0v) is 13.7. The highest BCUT2D eigenvalue weighted by Crippen LogP contribution is 2.50. The molecular weight excluding hydrogens is 302 g/mol. The lowest BCUT2D eigenvalue weighted by molar-refractivity contribution is -0.121. The smallest absolute Gasteiger partial charge is 0.223 e. The highest BCUT2D eigenvalue weighted by atomic mass is 16.5. The van der Waals surface area contributed by atoms with Gasteiger partial charge in [0.15, 0.2) is 0 Å². The number of benzene rings is 2. The molecule has 5 nitrogen and oxygen atoms in total. The summed E-state index contributed by atoms with van der Waals surface area (Å²) in [5.41, 5.74) is 2.15. The largest absolute Gasteiger partial charge is 0.457 e. The van der Waals surface area contributed by atoms with Gasteiger partial charge >= 0.3 is 0 Å². The Labute approximate surface area is 140 Å². The normalized spacial score (nSPS) is 19.2. The topological polar surface area (TPSA) is 56.1 Å². The second-order valence-corrected chi connectivity index (χ2v) is 6.19. The molecule has 5 heteroatoms. The van der Waals surface area contributed by atoms with E-state index in [0.29, 0.717) is 0 Å². The number of amides is 1. The first-order valence-electron chi connectivity index (χ1n) is 8.07. The number of nitrogens with zero attached hydrogens (tertiary/aromatic N) is 2. The molecule has 1 aromatic heterocycles. The summed E-state index contributed by atoms with van der Waals surface area (Å²) in [6.45, 7) is 0. The van der Waals surface area contributed by atoms with Crippen molar-refractivity contribution in [2.24, 2.45) is 13.0 Å². The molecule has 0 bridgehead atoms. The maximum atomic E-state index is 11.9. The number of aryl methyl sites for hydroxylation is 1. The van der Waals surface area contributed by atoms with E-state index in [9.17, 15) is 4.79 Å². The summed E-state index contributed by atoms with van der Waals surface area (Å²) in [6.07, 6.45) is 2.74. The summed E-state index contributed by atoms with van der Waals surface area (Å²) >= 11 is 0. The molecular formula is C19H19N3O2. The van der Waals surface area contributed by atoms with E-state index in [1.807, 2.05) is 60.4 Å². The van der Waals surface area contributed by atoms with Crippen LogP contribution in [0.4, 0.5) is 0 Å². The number of carbonyl (C=O) groups is 1. The number of para-hydroxylation sites is 1. The zero-order valence-electron chi connectivity index (χ0n) is 13.7. The first-order valence-corrected chi connectivity index (χ1v) is 8.07. The highest BCUT2D eigenvalue weighted by molar-refractivity contribution is 5.88. The van der Waals surface area contributed by atoms with Crippen molar-refractivity contribution < 1.29 is 9.53 Å². The van der Waals surface area contributed by atoms with E-state index in [2.05, 4.69) is 10.4 Å². The van der Waals surface area contributed by atoms with Crippen LogP contribution in [0, 0.1) is 5.92 Å². The second-order valence-electron chi connectivity index (χ2n) is 6.19. The minimum Gasteiger partial charge on any atom is -0.457 e. The SMILES string of the molecule is CNC(=O)[C@@H]1CC1c1cc(Oc2ccccc2)cc2c1cnn2C. The molecule has 2 aromatic carbocycles. The van der Waals surface area contributed by atoms with Crippen LogP contribution in [-0.4, -0.2) is 22.7 Å². The third-order valence-corrected chi connectivity index (χ3v) is 4.62. The molecule has 2 atom stereocenters. The molecule has 1 unspecified atom stereocenters. The van der Waals surface area contributed by atoms with Gasteiger partial charge in [0, 0.05) is 31.5 Å². The Morgan fingerprint density at radius 1 is 1.25 bits per heavy atom. The van der Waals surface area contributed by atoms with Crippen LogP contribution >= 0.6 is 0 Å². The van der Waals surface area contributed by atoms with Gasteiger partial charge in [-0.25, -0.2) is 0 Å². The zero-order chi connectivity index (χ0) is 16.7. The minimum atomic E-state index is 0.0466. The molecule has 0 radical (unpaired) electrons. The van der Waals surface area contributed by atoms with E-state index in [0.717, 1.165) is 34.4 Å². The summed E-state index contributed by atoms with van der Waals surface area (Å²) < 4.78 is 7.85. The Balaban J connectivity index is 1.74. The summed E-state index contributed by atoms with van der Waals surface area (Å²) in [5, 5.41) is 8.20. The van der Waals surface area contributed by atoms with Crippen LogP contribution in [-0.2, 0) is 11.8 Å². The van der Waals surface area contributed by atoms with Gasteiger partial charge in [0.25, 0.3) is 0 Å². The van der Waals surface area contributed by atoms with E-state index in [-0.39, 0.29) is 17.7 Å². The monoisotopic (exact) mass is 321 g/mol. The maximum Gasteiger partial charge on any atom is 0.223 e. The molecule has 1 fully saturated rings. The van der Waals surface area contributed by atoms with Gasteiger partial charge in [-0.05, 0) is 36.1 Å². The molecule has 122 valence electrons. The molecule has 1 saturated carbocycles. The maximum absolute atomic E-state index is 11.9. The fourth-order valence-corrected chi connectivity index (χ4v) is 3.25. The van der Waals surface area contributed by atoms with Crippen LogP contribution < -0.4 is 10.1 Å². The molecule has 1 amide bonds. The Hall–Kier alpha value is -2.82. The average Bonchev–Trinajstić information content (AvgIpc) is 3.32. The number of hydrogen-bond acceptors (Lipinski definition) is 3. The van der Waals surface area contributed by atoms with Crippen molar-refractivity contribution in [3.05, 3.63) is 54.2 Å². The number of aromatic nitrogens is 2. The van der Waals surface area contributed by atoms with Gasteiger partial charge < -0.3 is 10.1 Å². The van der Waals surface area contributed by atoms with Gasteiger partial charge in [0.2, 0.25) is 5.91 Å². The van der Waals surface area contributed by atoms with Crippen LogP contribution in [0.1, 0.15) is 17.9 Å². The molecule has 0 saturated heterocycles. The van der Waals surface area contributed by atoms with Gasteiger partial charge in [-0.1, -0.05) is 18.2 Å². The van der Waals surface area contributed by atoms with E-state index in [1.165, 1.54) is 0 Å². The van der Waals surface area contributed by atoms with Gasteiger partial charge in [0.1, 0.15) is 11.5 Å². The first kappa shape index (κ1) is 14.8. The first-order chi connectivity index (χ1) is 11.7. The van der Waals surface area contributed by atoms with Crippen molar-refractivity contribution >= 4 is 16.8 Å². The van der Waals surface area contributed by atoms with Crippen molar-refractivity contribution in [3.8, 4) is 11.5 Å². The molecule has 4 rings (SSSR count). The molecule has 24 heavy (non-hydrogen) atoms. The predicted molar refractivity (Wildman–Crippen MR) is 92.1 cm³/mol. The van der Waals surface area contributed by atoms with E-state index in [4.69, 9.17) is 4.74 Å². The quantitative estimate of drug-likeness (QED) is 0.803. The van der Waals surface area contributed by atoms with Crippen LogP contribution in [0.2, 0.25) is 0 Å². The van der Waals surface area contributed by atoms with Crippen LogP contribution in [0.15, 0.2) is 48.7 Å². The predicted octanol–water partition coefficient (Wildman–Crippen LogP) is 3.22. The number of nitrogens with one attached hydrogen (secondary N) is 1. The Morgan fingerprint density at radius 3 is 2.79 bits per heavy atom. The molecule has 1 N–H and O–H groups in total. The van der Waals surface area contributed by atoms with Crippen molar-refractivity contribution in [2.75, 3.05) is 7.05 Å². The second kappa shape index (κ2) is 5.67. The number of rotatable bonds is 4. The van der Waals surface area contributed by atoms with Gasteiger partial charge in [-0.15, -0.1) is 0 Å². The Bertz CT molecular complexity index is 902. The Kier molecular flexibility index (Phi) is 3.49.